The van der Waals surface area contributed by atoms with Crippen LogP contribution in [-0.4, -0.2) is 62.4 Å². The van der Waals surface area contributed by atoms with Crippen molar-refractivity contribution in [1.82, 2.24) is 0 Å². The second kappa shape index (κ2) is 17.4. The average molecular weight is 690 g/mol. The molecule has 0 aromatic heterocycles. The van der Waals surface area contributed by atoms with E-state index in [-0.39, 0.29) is 134 Å². The summed E-state index contributed by atoms with van der Waals surface area (Å²) in [6, 6.07) is 22.7. The average Bonchev–Trinajstić information content (AvgIpc) is 3.17. The number of rotatable bonds is 12. The number of hydrazine groups is 1. The van der Waals surface area contributed by atoms with Crippen LogP contribution in [0, 0.1) is 6.92 Å². The van der Waals surface area contributed by atoms with Crippen molar-refractivity contribution in [2.75, 3.05) is 39.5 Å². The quantitative estimate of drug-likeness (QED) is 0.0840. The number of hydrogen-bond donors (Lipinski definition) is 0. The molecule has 0 radical (unpaired) electrons. The van der Waals surface area contributed by atoms with Crippen molar-refractivity contribution in [1.29, 1.82) is 0 Å². The number of nitrogens with zero attached hydrogens (tertiary/aromatic N) is 3. The third-order valence-electron chi connectivity index (χ3n) is 6.61. The largest absolute Gasteiger partial charge is 1.00 e. The van der Waals surface area contributed by atoms with E-state index in [0.717, 1.165) is 0 Å². The van der Waals surface area contributed by atoms with E-state index in [1.807, 2.05) is 12.1 Å². The molecule has 1 fully saturated rings. The summed E-state index contributed by atoms with van der Waals surface area (Å²) < 4.78 is 66.5. The first-order valence-electron chi connectivity index (χ1n) is 13.1. The third kappa shape index (κ3) is 10.9. The van der Waals surface area contributed by atoms with Gasteiger partial charge in [0.15, 0.2) is 0 Å². The Kier molecular flexibility index (Phi) is 15.6. The predicted molar refractivity (Wildman–Crippen MR) is 158 cm³/mol. The standard InChI is InChI=1S/C29H31N3O8S2.2K/c1-22-20-26(30(16-8-18-41(35,36)37)17-9-19-42(38,39)40)15-14-23(22)21-27-28(33)31(24-10-4-2-5-11-24)32(29(27)34)25-12-6-3-7-13-25;;/h2-7,10-15,20-21H,8-9,16-19H2,1H3,(H,35,36,37)(H,38,39,40);;/q;2*+1/p-2. The zero-order chi connectivity index (χ0) is 30.5. The molecule has 3 aromatic rings. The van der Waals surface area contributed by atoms with Crippen molar-refractivity contribution in [3.8, 4) is 0 Å². The summed E-state index contributed by atoms with van der Waals surface area (Å²) in [5.41, 5.74) is 2.86. The van der Waals surface area contributed by atoms with Crippen molar-refractivity contribution in [2.45, 2.75) is 19.8 Å². The Bertz CT molecular complexity index is 1610. The second-order valence-electron chi connectivity index (χ2n) is 9.72. The van der Waals surface area contributed by atoms with Crippen LogP contribution in [0.25, 0.3) is 6.08 Å². The number of aryl methyl sites for hydroxylation is 1. The molecule has 44 heavy (non-hydrogen) atoms. The van der Waals surface area contributed by atoms with Gasteiger partial charge in [-0.25, -0.2) is 26.9 Å². The topological polar surface area (TPSA) is 158 Å². The fourth-order valence-corrected chi connectivity index (χ4v) is 5.60. The van der Waals surface area contributed by atoms with E-state index in [1.165, 1.54) is 16.1 Å². The number of carbonyl (C=O) groups excluding carboxylic acids is 2. The van der Waals surface area contributed by atoms with Gasteiger partial charge in [-0.15, -0.1) is 0 Å². The maximum Gasteiger partial charge on any atom is 1.00 e. The number of carbonyl (C=O) groups is 2. The smallest absolute Gasteiger partial charge is 0.748 e. The summed E-state index contributed by atoms with van der Waals surface area (Å²) in [5.74, 6) is -2.19. The Morgan fingerprint density at radius 1 is 0.705 bits per heavy atom. The molecular formula is C29H29K2N3O8S2. The third-order valence-corrected chi connectivity index (χ3v) is 8.19. The van der Waals surface area contributed by atoms with Gasteiger partial charge in [0.2, 0.25) is 0 Å². The van der Waals surface area contributed by atoms with Gasteiger partial charge in [0.1, 0.15) is 5.57 Å². The van der Waals surface area contributed by atoms with Crippen LogP contribution in [0.4, 0.5) is 17.1 Å². The molecule has 1 saturated heterocycles. The zero-order valence-electron chi connectivity index (χ0n) is 24.7. The molecule has 0 saturated carbocycles. The predicted octanol–water partition coefficient (Wildman–Crippen LogP) is -2.94. The van der Waals surface area contributed by atoms with Gasteiger partial charge in [0.25, 0.3) is 11.8 Å². The summed E-state index contributed by atoms with van der Waals surface area (Å²) in [7, 11) is -8.87. The summed E-state index contributed by atoms with van der Waals surface area (Å²) >= 11 is 0. The maximum atomic E-state index is 13.6. The molecule has 1 aliphatic rings. The van der Waals surface area contributed by atoms with E-state index in [0.29, 0.717) is 28.2 Å². The molecule has 4 rings (SSSR count). The van der Waals surface area contributed by atoms with Crippen LogP contribution >= 0.6 is 0 Å². The van der Waals surface area contributed by atoms with E-state index in [4.69, 9.17) is 0 Å². The molecule has 0 spiro atoms. The normalized spacial score (nSPS) is 13.4. The summed E-state index contributed by atoms with van der Waals surface area (Å²) in [6.45, 7) is 2.04. The summed E-state index contributed by atoms with van der Waals surface area (Å²) in [6.07, 6.45) is 1.53. The first-order chi connectivity index (χ1) is 19.8. The molecule has 1 aliphatic heterocycles. The van der Waals surface area contributed by atoms with Crippen molar-refractivity contribution in [3.63, 3.8) is 0 Å². The molecule has 0 bridgehead atoms. The van der Waals surface area contributed by atoms with Crippen LogP contribution < -0.4 is 118 Å². The van der Waals surface area contributed by atoms with Crippen LogP contribution in [0.2, 0.25) is 0 Å². The van der Waals surface area contributed by atoms with Gasteiger partial charge < -0.3 is 14.0 Å². The van der Waals surface area contributed by atoms with Crippen LogP contribution in [0.5, 0.6) is 0 Å². The number of benzene rings is 3. The Morgan fingerprint density at radius 2 is 1.14 bits per heavy atom. The molecule has 0 aliphatic carbocycles. The van der Waals surface area contributed by atoms with Crippen LogP contribution in [-0.2, 0) is 29.8 Å². The molecule has 222 valence electrons. The SMILES string of the molecule is Cc1cc(N(CCCS(=O)(=O)[O-])CCCS(=O)(=O)[O-])ccc1C=C1C(=O)N(c2ccccc2)N(c2ccccc2)C1=O.[K+].[K+]. The molecule has 15 heteroatoms. The molecule has 0 unspecified atom stereocenters. The minimum atomic E-state index is -4.44. The van der Waals surface area contributed by atoms with Gasteiger partial charge in [0.05, 0.1) is 31.6 Å². The molecule has 1 heterocycles. The Labute approximate surface area is 343 Å². The first-order valence-corrected chi connectivity index (χ1v) is 16.2. The van der Waals surface area contributed by atoms with E-state index in [2.05, 4.69) is 0 Å². The van der Waals surface area contributed by atoms with E-state index >= 15 is 0 Å². The fourth-order valence-electron chi connectivity index (χ4n) is 4.64. The Hall–Kier alpha value is -0.767. The van der Waals surface area contributed by atoms with Gasteiger partial charge in [-0.2, -0.15) is 0 Å². The molecule has 0 N–H and O–H groups in total. The number of para-hydroxylation sites is 2. The minimum absolute atomic E-state index is 0. The molecule has 0 atom stereocenters. The van der Waals surface area contributed by atoms with E-state index < -0.39 is 43.6 Å². The van der Waals surface area contributed by atoms with Crippen LogP contribution in [0.15, 0.2) is 84.4 Å². The van der Waals surface area contributed by atoms with Crippen LogP contribution in [0.3, 0.4) is 0 Å². The van der Waals surface area contributed by atoms with Gasteiger partial charge in [-0.05, 0) is 73.4 Å². The van der Waals surface area contributed by atoms with Crippen LogP contribution in [0.1, 0.15) is 24.0 Å². The summed E-state index contributed by atoms with van der Waals surface area (Å²) in [4.78, 5) is 28.9. The Morgan fingerprint density at radius 3 is 1.52 bits per heavy atom. The van der Waals surface area contributed by atoms with Gasteiger partial charge in [-0.1, -0.05) is 42.5 Å². The molecule has 11 nitrogen and oxygen atoms in total. The van der Waals surface area contributed by atoms with Crippen molar-refractivity contribution in [3.05, 3.63) is 95.6 Å². The number of anilines is 3. The molecule has 3 aromatic carbocycles. The van der Waals surface area contributed by atoms with Gasteiger partial charge in [-0.3, -0.25) is 9.59 Å². The van der Waals surface area contributed by atoms with Crippen molar-refractivity contribution >= 4 is 55.2 Å². The Balaban J connectivity index is 0.00000337. The van der Waals surface area contributed by atoms with Gasteiger partial charge >= 0.3 is 103 Å². The zero-order valence-corrected chi connectivity index (χ0v) is 32.6. The van der Waals surface area contributed by atoms with Crippen molar-refractivity contribution in [2.24, 2.45) is 0 Å². The molecular weight excluding hydrogens is 661 g/mol. The van der Waals surface area contributed by atoms with E-state index in [9.17, 15) is 35.5 Å². The van der Waals surface area contributed by atoms with Gasteiger partial charge in [0, 0.05) is 30.3 Å². The van der Waals surface area contributed by atoms with E-state index in [1.54, 1.807) is 78.6 Å². The maximum absolute atomic E-state index is 13.6. The van der Waals surface area contributed by atoms with Crippen molar-refractivity contribution < 1.29 is 138 Å². The first kappa shape index (κ1) is 39.4. The summed E-state index contributed by atoms with van der Waals surface area (Å²) in [5, 5.41) is 2.64. The monoisotopic (exact) mass is 689 g/mol. The number of hydrogen-bond acceptors (Lipinski definition) is 9. The fraction of sp³-hybridized carbons (Fsp3) is 0.241. The number of amides is 2. The minimum Gasteiger partial charge on any atom is -0.748 e. The second-order valence-corrected chi connectivity index (χ2v) is 12.8. The molecule has 2 amide bonds.